The second kappa shape index (κ2) is 6.51. The van der Waals surface area contributed by atoms with Crippen LogP contribution >= 0.6 is 23.4 Å². The average molecular weight is 354 g/mol. The van der Waals surface area contributed by atoms with Crippen molar-refractivity contribution in [3.8, 4) is 0 Å². The molecule has 1 aromatic rings. The molecule has 1 atom stereocenters. The maximum absolute atomic E-state index is 13.1. The first-order chi connectivity index (χ1) is 9.86. The highest BCUT2D eigenvalue weighted by molar-refractivity contribution is 8.00. The standard InChI is InChI=1S/C12H13ClFNO4S2/c1-19-12(16)11-7-15(4-5-20-11)21(17,18)8-2-3-10(14)9(13)6-8/h2-3,6,11H,4-5,7H2,1H3/t11-/m0/s1. The van der Waals surface area contributed by atoms with Crippen molar-refractivity contribution in [3.63, 3.8) is 0 Å². The van der Waals surface area contributed by atoms with Crippen LogP contribution in [0.3, 0.4) is 0 Å². The summed E-state index contributed by atoms with van der Waals surface area (Å²) in [5, 5.41) is -0.818. The number of hydrogen-bond donors (Lipinski definition) is 0. The highest BCUT2D eigenvalue weighted by Gasteiger charge is 2.34. The van der Waals surface area contributed by atoms with Gasteiger partial charge >= 0.3 is 5.97 Å². The Hall–Kier alpha value is -0.830. The fourth-order valence-corrected chi connectivity index (χ4v) is 4.97. The van der Waals surface area contributed by atoms with Crippen molar-refractivity contribution >= 4 is 39.4 Å². The third-order valence-electron chi connectivity index (χ3n) is 3.02. The number of benzene rings is 1. The number of hydrogen-bond acceptors (Lipinski definition) is 5. The molecule has 0 aliphatic carbocycles. The van der Waals surface area contributed by atoms with Crippen molar-refractivity contribution in [2.24, 2.45) is 0 Å². The summed E-state index contributed by atoms with van der Waals surface area (Å²) in [7, 11) is -2.55. The van der Waals surface area contributed by atoms with Gasteiger partial charge in [-0.1, -0.05) is 11.6 Å². The van der Waals surface area contributed by atoms with Gasteiger partial charge in [0.15, 0.2) is 0 Å². The zero-order chi connectivity index (χ0) is 15.6. The van der Waals surface area contributed by atoms with Gasteiger partial charge in [-0.2, -0.15) is 4.31 Å². The third-order valence-corrected chi connectivity index (χ3v) is 6.34. The minimum Gasteiger partial charge on any atom is -0.468 e. The van der Waals surface area contributed by atoms with Crippen LogP contribution in [0.15, 0.2) is 23.1 Å². The molecule has 1 aliphatic rings. The van der Waals surface area contributed by atoms with Crippen LogP contribution in [-0.2, 0) is 19.6 Å². The van der Waals surface area contributed by atoms with Crippen LogP contribution in [0, 0.1) is 5.82 Å². The first-order valence-corrected chi connectivity index (χ1v) is 8.87. The third kappa shape index (κ3) is 3.50. The molecule has 0 aromatic heterocycles. The molecular weight excluding hydrogens is 341 g/mol. The van der Waals surface area contributed by atoms with Crippen LogP contribution < -0.4 is 0 Å². The lowest BCUT2D eigenvalue weighted by atomic mass is 10.3. The predicted octanol–water partition coefficient (Wildman–Crippen LogP) is 1.76. The molecule has 1 aromatic carbocycles. The second-order valence-electron chi connectivity index (χ2n) is 4.32. The number of ether oxygens (including phenoxy) is 1. The monoisotopic (exact) mass is 353 g/mol. The first kappa shape index (κ1) is 16.5. The van der Waals surface area contributed by atoms with Gasteiger partial charge in [0.25, 0.3) is 0 Å². The highest BCUT2D eigenvalue weighted by atomic mass is 35.5. The van der Waals surface area contributed by atoms with Crippen molar-refractivity contribution in [3.05, 3.63) is 29.0 Å². The van der Waals surface area contributed by atoms with E-state index in [-0.39, 0.29) is 23.0 Å². The Morgan fingerprint density at radius 3 is 2.86 bits per heavy atom. The van der Waals surface area contributed by atoms with Gasteiger partial charge in [0.05, 0.1) is 17.0 Å². The van der Waals surface area contributed by atoms with E-state index in [4.69, 9.17) is 11.6 Å². The molecule has 0 saturated carbocycles. The van der Waals surface area contributed by atoms with Crippen molar-refractivity contribution in [1.82, 2.24) is 4.31 Å². The van der Waals surface area contributed by atoms with Crippen molar-refractivity contribution in [2.75, 3.05) is 26.0 Å². The van der Waals surface area contributed by atoms with Gasteiger partial charge in [-0.05, 0) is 18.2 Å². The van der Waals surface area contributed by atoms with Crippen molar-refractivity contribution < 1.29 is 22.3 Å². The lowest BCUT2D eigenvalue weighted by Gasteiger charge is -2.30. The Balaban J connectivity index is 2.26. The van der Waals surface area contributed by atoms with Crippen molar-refractivity contribution in [1.29, 1.82) is 0 Å². The lowest BCUT2D eigenvalue weighted by Crippen LogP contribution is -2.44. The Labute approximate surface area is 131 Å². The van der Waals surface area contributed by atoms with Crippen LogP contribution in [-0.4, -0.2) is 49.9 Å². The summed E-state index contributed by atoms with van der Waals surface area (Å²) >= 11 is 6.97. The summed E-state index contributed by atoms with van der Waals surface area (Å²) in [6.45, 7) is 0.296. The number of carbonyl (C=O) groups excluding carboxylic acids is 1. The fraction of sp³-hybridized carbons (Fsp3) is 0.417. The molecule has 0 bridgehead atoms. The minimum atomic E-state index is -3.81. The lowest BCUT2D eigenvalue weighted by molar-refractivity contribution is -0.140. The molecule has 9 heteroatoms. The van der Waals surface area contributed by atoms with E-state index in [0.29, 0.717) is 5.75 Å². The molecule has 5 nitrogen and oxygen atoms in total. The van der Waals surface area contributed by atoms with E-state index in [9.17, 15) is 17.6 Å². The van der Waals surface area contributed by atoms with E-state index in [1.54, 1.807) is 0 Å². The fourth-order valence-electron chi connectivity index (χ4n) is 1.90. The summed E-state index contributed by atoms with van der Waals surface area (Å²) < 4.78 is 43.9. The summed E-state index contributed by atoms with van der Waals surface area (Å²) in [5.41, 5.74) is 0. The Bertz CT molecular complexity index is 653. The van der Waals surface area contributed by atoms with Gasteiger partial charge < -0.3 is 4.74 Å². The van der Waals surface area contributed by atoms with Crippen LogP contribution in [0.25, 0.3) is 0 Å². The molecule has 0 N–H and O–H groups in total. The van der Waals surface area contributed by atoms with E-state index in [1.807, 2.05) is 0 Å². The van der Waals surface area contributed by atoms with Crippen LogP contribution in [0.4, 0.5) is 4.39 Å². The molecule has 116 valence electrons. The van der Waals surface area contributed by atoms with Crippen molar-refractivity contribution in [2.45, 2.75) is 10.1 Å². The summed E-state index contributed by atoms with van der Waals surface area (Å²) in [6, 6.07) is 3.23. The number of nitrogens with zero attached hydrogens (tertiary/aromatic N) is 1. The Kier molecular flexibility index (Phi) is 5.13. The topological polar surface area (TPSA) is 63.7 Å². The van der Waals surface area contributed by atoms with E-state index < -0.39 is 27.1 Å². The molecule has 0 unspecified atom stereocenters. The highest BCUT2D eigenvalue weighted by Crippen LogP contribution is 2.27. The molecule has 0 spiro atoms. The molecule has 1 saturated heterocycles. The number of rotatable bonds is 3. The number of carbonyl (C=O) groups is 1. The zero-order valence-corrected chi connectivity index (χ0v) is 13.5. The van der Waals surface area contributed by atoms with Gasteiger partial charge in [-0.3, -0.25) is 4.79 Å². The smallest absolute Gasteiger partial charge is 0.320 e. The zero-order valence-electron chi connectivity index (χ0n) is 11.1. The van der Waals surface area contributed by atoms with Crippen LogP contribution in [0.5, 0.6) is 0 Å². The molecule has 2 rings (SSSR count). The predicted molar refractivity (Wildman–Crippen MR) is 78.4 cm³/mol. The van der Waals surface area contributed by atoms with Gasteiger partial charge in [0.2, 0.25) is 10.0 Å². The van der Waals surface area contributed by atoms with Gasteiger partial charge in [0.1, 0.15) is 11.1 Å². The average Bonchev–Trinajstić information content (AvgIpc) is 2.49. The van der Waals surface area contributed by atoms with Gasteiger partial charge in [-0.25, -0.2) is 12.8 Å². The summed E-state index contributed by atoms with van der Waals surface area (Å²) in [4.78, 5) is 11.4. The number of halogens is 2. The van der Waals surface area contributed by atoms with Crippen LogP contribution in [0.2, 0.25) is 5.02 Å². The number of thioether (sulfide) groups is 1. The first-order valence-electron chi connectivity index (χ1n) is 6.01. The van der Waals surface area contributed by atoms with Gasteiger partial charge in [0, 0.05) is 18.8 Å². The molecule has 1 aliphatic heterocycles. The molecule has 0 radical (unpaired) electrons. The normalized spacial score (nSPS) is 20.2. The van der Waals surface area contributed by atoms with Crippen LogP contribution in [0.1, 0.15) is 0 Å². The molecular formula is C12H13ClFNO4S2. The van der Waals surface area contributed by atoms with Gasteiger partial charge in [-0.15, -0.1) is 11.8 Å². The Morgan fingerprint density at radius 2 is 2.24 bits per heavy atom. The molecule has 1 heterocycles. The molecule has 1 fully saturated rings. The van der Waals surface area contributed by atoms with E-state index in [2.05, 4.69) is 4.74 Å². The minimum absolute atomic E-state index is 0.0225. The SMILES string of the molecule is COC(=O)[C@@H]1CN(S(=O)(=O)c2ccc(F)c(Cl)c2)CCS1. The Morgan fingerprint density at radius 1 is 1.52 bits per heavy atom. The van der Waals surface area contributed by atoms with E-state index >= 15 is 0 Å². The maximum atomic E-state index is 13.1. The number of esters is 1. The molecule has 0 amide bonds. The number of methoxy groups -OCH3 is 1. The maximum Gasteiger partial charge on any atom is 0.320 e. The quantitative estimate of drug-likeness (QED) is 0.775. The summed E-state index contributed by atoms with van der Waals surface area (Å²) in [5.74, 6) is -0.664. The molecule has 21 heavy (non-hydrogen) atoms. The summed E-state index contributed by atoms with van der Waals surface area (Å²) in [6.07, 6.45) is 0. The van der Waals surface area contributed by atoms with E-state index in [0.717, 1.165) is 18.2 Å². The number of sulfonamides is 1. The second-order valence-corrected chi connectivity index (χ2v) is 7.98. The van der Waals surface area contributed by atoms with E-state index in [1.165, 1.54) is 23.2 Å². The largest absolute Gasteiger partial charge is 0.468 e.